The zero-order valence-corrected chi connectivity index (χ0v) is 11.3. The summed E-state index contributed by atoms with van der Waals surface area (Å²) in [6.45, 7) is 0.0287. The van der Waals surface area contributed by atoms with Gasteiger partial charge in [0, 0.05) is 19.6 Å². The van der Waals surface area contributed by atoms with E-state index in [4.69, 9.17) is 5.11 Å². The van der Waals surface area contributed by atoms with Gasteiger partial charge in [0.15, 0.2) is 0 Å². The molecule has 1 heterocycles. The van der Waals surface area contributed by atoms with E-state index < -0.39 is 24.0 Å². The smallest absolute Gasteiger partial charge is 0.393 e. The third-order valence-corrected chi connectivity index (χ3v) is 3.38. The van der Waals surface area contributed by atoms with Crippen LogP contribution in [0.4, 0.5) is 13.2 Å². The van der Waals surface area contributed by atoms with Gasteiger partial charge in [-0.2, -0.15) is 13.2 Å². The minimum atomic E-state index is -4.46. The first-order valence-corrected chi connectivity index (χ1v) is 5.93. The highest BCUT2D eigenvalue weighted by atomic mass is 35.5. The fourth-order valence-electron chi connectivity index (χ4n) is 2.44. The van der Waals surface area contributed by atoms with Crippen LogP contribution in [-0.2, 0) is 11.3 Å². The number of likely N-dealkylation sites (tertiary alicyclic amines) is 1. The van der Waals surface area contributed by atoms with Gasteiger partial charge in [-0.25, -0.2) is 0 Å². The van der Waals surface area contributed by atoms with Crippen molar-refractivity contribution in [3.05, 3.63) is 35.9 Å². The number of nitrogens with zero attached hydrogens (tertiary/aromatic N) is 1. The number of hydrogen-bond acceptors (Lipinski definition) is 2. The Morgan fingerprint density at radius 2 is 1.85 bits per heavy atom. The molecule has 0 aromatic heterocycles. The van der Waals surface area contributed by atoms with Crippen molar-refractivity contribution in [2.24, 2.45) is 11.8 Å². The summed E-state index contributed by atoms with van der Waals surface area (Å²) >= 11 is 0. The van der Waals surface area contributed by atoms with Crippen LogP contribution in [0.5, 0.6) is 0 Å². The van der Waals surface area contributed by atoms with Gasteiger partial charge in [-0.1, -0.05) is 30.3 Å². The number of alkyl halides is 3. The molecule has 1 saturated heterocycles. The van der Waals surface area contributed by atoms with E-state index in [0.29, 0.717) is 6.54 Å². The maximum atomic E-state index is 12.8. The Bertz CT molecular complexity index is 453. The van der Waals surface area contributed by atoms with E-state index >= 15 is 0 Å². The lowest BCUT2D eigenvalue weighted by molar-refractivity contribution is -0.188. The molecule has 0 bridgehead atoms. The van der Waals surface area contributed by atoms with Crippen LogP contribution in [0, 0.1) is 11.8 Å². The minimum absolute atomic E-state index is 0. The first-order valence-electron chi connectivity index (χ1n) is 5.93. The van der Waals surface area contributed by atoms with Gasteiger partial charge in [0.25, 0.3) is 0 Å². The lowest BCUT2D eigenvalue weighted by Crippen LogP contribution is -2.33. The summed E-state index contributed by atoms with van der Waals surface area (Å²) in [4.78, 5) is 12.5. The minimum Gasteiger partial charge on any atom is -0.481 e. The fraction of sp³-hybridized carbons (Fsp3) is 0.462. The molecule has 3 nitrogen and oxygen atoms in total. The number of benzene rings is 1. The van der Waals surface area contributed by atoms with Crippen LogP contribution in [-0.4, -0.2) is 35.2 Å². The van der Waals surface area contributed by atoms with Gasteiger partial charge >= 0.3 is 12.1 Å². The molecule has 20 heavy (non-hydrogen) atoms. The Kier molecular flexibility index (Phi) is 5.42. The average Bonchev–Trinajstić information content (AvgIpc) is 2.74. The highest BCUT2D eigenvalue weighted by molar-refractivity contribution is 5.85. The lowest BCUT2D eigenvalue weighted by Gasteiger charge is -2.18. The average molecular weight is 310 g/mol. The van der Waals surface area contributed by atoms with E-state index in [1.54, 1.807) is 17.0 Å². The molecular weight excluding hydrogens is 295 g/mol. The summed E-state index contributed by atoms with van der Waals surface area (Å²) in [7, 11) is 0. The van der Waals surface area contributed by atoms with Gasteiger partial charge in [0.2, 0.25) is 0 Å². The summed E-state index contributed by atoms with van der Waals surface area (Å²) in [6, 6.07) is 9.07. The SMILES string of the molecule is Cl.O=C(O)C1CN(Cc2ccccc2)CC1C(F)(F)F. The molecule has 1 aliphatic rings. The number of hydrogen-bond donors (Lipinski definition) is 1. The first kappa shape index (κ1) is 16.8. The number of carboxylic acid groups (broad SMARTS) is 1. The Balaban J connectivity index is 0.00000200. The lowest BCUT2D eigenvalue weighted by atomic mass is 9.96. The zero-order valence-electron chi connectivity index (χ0n) is 10.5. The maximum absolute atomic E-state index is 12.8. The van der Waals surface area contributed by atoms with E-state index in [-0.39, 0.29) is 25.5 Å². The predicted octanol–water partition coefficient (Wildman–Crippen LogP) is 2.80. The molecule has 1 aromatic carbocycles. The second kappa shape index (κ2) is 6.45. The molecule has 0 radical (unpaired) electrons. The van der Waals surface area contributed by atoms with Crippen LogP contribution in [0.25, 0.3) is 0 Å². The molecule has 2 atom stereocenters. The van der Waals surface area contributed by atoms with Crippen LogP contribution in [0.2, 0.25) is 0 Å². The molecular formula is C13H15ClF3NO2. The van der Waals surface area contributed by atoms with Crippen molar-refractivity contribution in [2.45, 2.75) is 12.7 Å². The fourth-order valence-corrected chi connectivity index (χ4v) is 2.44. The van der Waals surface area contributed by atoms with E-state index in [1.807, 2.05) is 18.2 Å². The molecule has 0 aliphatic carbocycles. The molecule has 1 aliphatic heterocycles. The van der Waals surface area contributed by atoms with Crippen molar-refractivity contribution in [3.8, 4) is 0 Å². The molecule has 1 N–H and O–H groups in total. The number of rotatable bonds is 3. The zero-order chi connectivity index (χ0) is 14.0. The van der Waals surface area contributed by atoms with Gasteiger partial charge in [0.1, 0.15) is 0 Å². The van der Waals surface area contributed by atoms with Gasteiger partial charge in [0.05, 0.1) is 11.8 Å². The summed E-state index contributed by atoms with van der Waals surface area (Å²) < 4.78 is 38.4. The van der Waals surface area contributed by atoms with Crippen molar-refractivity contribution in [3.63, 3.8) is 0 Å². The topological polar surface area (TPSA) is 40.5 Å². The van der Waals surface area contributed by atoms with Crippen LogP contribution < -0.4 is 0 Å². The number of aliphatic carboxylic acids is 1. The van der Waals surface area contributed by atoms with Crippen molar-refractivity contribution >= 4 is 18.4 Å². The third kappa shape index (κ3) is 3.86. The number of halogens is 4. The molecule has 0 amide bonds. The molecule has 112 valence electrons. The summed E-state index contributed by atoms with van der Waals surface area (Å²) in [5.41, 5.74) is 0.884. The summed E-state index contributed by atoms with van der Waals surface area (Å²) in [5.74, 6) is -4.53. The van der Waals surface area contributed by atoms with Crippen LogP contribution >= 0.6 is 12.4 Å². The Morgan fingerprint density at radius 3 is 2.30 bits per heavy atom. The van der Waals surface area contributed by atoms with E-state index in [9.17, 15) is 18.0 Å². The first-order chi connectivity index (χ1) is 8.88. The molecule has 0 spiro atoms. The van der Waals surface area contributed by atoms with Gasteiger partial charge in [-0.3, -0.25) is 9.69 Å². The molecule has 2 unspecified atom stereocenters. The second-order valence-electron chi connectivity index (χ2n) is 4.77. The van der Waals surface area contributed by atoms with E-state index in [1.165, 1.54) is 0 Å². The van der Waals surface area contributed by atoms with E-state index in [2.05, 4.69) is 0 Å². The van der Waals surface area contributed by atoms with Gasteiger partial charge < -0.3 is 5.11 Å². The summed E-state index contributed by atoms with van der Waals surface area (Å²) in [5, 5.41) is 8.90. The van der Waals surface area contributed by atoms with Crippen molar-refractivity contribution in [1.82, 2.24) is 4.90 Å². The molecule has 2 rings (SSSR count). The van der Waals surface area contributed by atoms with Crippen LogP contribution in [0.3, 0.4) is 0 Å². The van der Waals surface area contributed by atoms with Crippen molar-refractivity contribution < 1.29 is 23.1 Å². The molecule has 1 fully saturated rings. The Labute approximate surface area is 120 Å². The monoisotopic (exact) mass is 309 g/mol. The predicted molar refractivity (Wildman–Crippen MR) is 69.6 cm³/mol. The molecule has 1 aromatic rings. The molecule has 0 saturated carbocycles. The standard InChI is InChI=1S/C13H14F3NO2.ClH/c14-13(15,16)11-8-17(7-10(11)12(18)19)6-9-4-2-1-3-5-9;/h1-5,10-11H,6-8H2,(H,18,19);1H. The highest BCUT2D eigenvalue weighted by Crippen LogP contribution is 2.38. The Morgan fingerprint density at radius 1 is 1.25 bits per heavy atom. The van der Waals surface area contributed by atoms with E-state index in [0.717, 1.165) is 5.56 Å². The number of carboxylic acids is 1. The normalized spacial score (nSPS) is 23.4. The quantitative estimate of drug-likeness (QED) is 0.933. The van der Waals surface area contributed by atoms with Crippen molar-refractivity contribution in [1.29, 1.82) is 0 Å². The second-order valence-corrected chi connectivity index (χ2v) is 4.77. The Hall–Kier alpha value is -1.27. The van der Waals surface area contributed by atoms with Gasteiger partial charge in [-0.15, -0.1) is 12.4 Å². The molecule has 7 heteroatoms. The maximum Gasteiger partial charge on any atom is 0.393 e. The summed E-state index contributed by atoms with van der Waals surface area (Å²) in [6.07, 6.45) is -4.46. The third-order valence-electron chi connectivity index (χ3n) is 3.38. The van der Waals surface area contributed by atoms with Crippen LogP contribution in [0.15, 0.2) is 30.3 Å². The van der Waals surface area contributed by atoms with Crippen LogP contribution in [0.1, 0.15) is 5.56 Å². The highest BCUT2D eigenvalue weighted by Gasteiger charge is 2.52. The largest absolute Gasteiger partial charge is 0.481 e. The number of carbonyl (C=O) groups is 1. The van der Waals surface area contributed by atoms with Gasteiger partial charge in [-0.05, 0) is 5.56 Å². The van der Waals surface area contributed by atoms with Crippen molar-refractivity contribution in [2.75, 3.05) is 13.1 Å².